The molecule has 0 amide bonds. The predicted octanol–water partition coefficient (Wildman–Crippen LogP) is 2.67. The third-order valence-corrected chi connectivity index (χ3v) is 2.66. The maximum Gasteiger partial charge on any atom is 0.128 e. The Hall–Kier alpha value is -1.81. The van der Waals surface area contributed by atoms with Crippen LogP contribution in [0.4, 0.5) is 0 Å². The van der Waals surface area contributed by atoms with Gasteiger partial charge in [0.25, 0.3) is 0 Å². The SMILES string of the molecule is CCOc1ccccc1-c1cnc(C(C)(C)N)[nH]1. The van der Waals surface area contributed by atoms with E-state index in [9.17, 15) is 0 Å². The molecule has 1 heterocycles. The van der Waals surface area contributed by atoms with Crippen LogP contribution in [-0.4, -0.2) is 16.6 Å². The normalized spacial score (nSPS) is 11.6. The van der Waals surface area contributed by atoms with Crippen molar-refractivity contribution in [3.05, 3.63) is 36.3 Å². The van der Waals surface area contributed by atoms with Crippen molar-refractivity contribution in [1.82, 2.24) is 9.97 Å². The first kappa shape index (κ1) is 12.6. The number of nitrogens with one attached hydrogen (secondary N) is 1. The number of aromatic amines is 1. The Kier molecular flexibility index (Phi) is 3.39. The maximum atomic E-state index is 6.02. The molecule has 0 aliphatic carbocycles. The van der Waals surface area contributed by atoms with Crippen LogP contribution in [0.5, 0.6) is 5.75 Å². The lowest BCUT2D eigenvalue weighted by atomic mass is 10.1. The van der Waals surface area contributed by atoms with E-state index < -0.39 is 5.54 Å². The molecule has 0 radical (unpaired) electrons. The van der Waals surface area contributed by atoms with Crippen LogP contribution in [0.2, 0.25) is 0 Å². The lowest BCUT2D eigenvalue weighted by Gasteiger charge is -2.14. The first-order valence-corrected chi connectivity index (χ1v) is 6.09. The molecule has 4 heteroatoms. The highest BCUT2D eigenvalue weighted by atomic mass is 16.5. The van der Waals surface area contributed by atoms with Gasteiger partial charge in [0, 0.05) is 5.56 Å². The average Bonchev–Trinajstić information content (AvgIpc) is 2.79. The molecule has 0 saturated heterocycles. The summed E-state index contributed by atoms with van der Waals surface area (Å²) in [5.74, 6) is 1.62. The number of hydrogen-bond donors (Lipinski definition) is 2. The van der Waals surface area contributed by atoms with E-state index in [2.05, 4.69) is 9.97 Å². The molecule has 0 aliphatic rings. The number of H-pyrrole nitrogens is 1. The summed E-state index contributed by atoms with van der Waals surface area (Å²) in [7, 11) is 0. The van der Waals surface area contributed by atoms with Crippen LogP contribution in [0.3, 0.4) is 0 Å². The Morgan fingerprint density at radius 1 is 1.33 bits per heavy atom. The van der Waals surface area contributed by atoms with Crippen molar-refractivity contribution < 1.29 is 4.74 Å². The van der Waals surface area contributed by atoms with Crippen molar-refractivity contribution in [3.63, 3.8) is 0 Å². The Morgan fingerprint density at radius 2 is 2.06 bits per heavy atom. The standard InChI is InChI=1S/C14H19N3O/c1-4-18-12-8-6-5-7-10(12)11-9-16-13(17-11)14(2,3)15/h5-9H,4,15H2,1-3H3,(H,16,17). The third kappa shape index (κ3) is 2.54. The van der Waals surface area contributed by atoms with Gasteiger partial charge in [-0.25, -0.2) is 4.98 Å². The number of benzene rings is 1. The van der Waals surface area contributed by atoms with Crippen LogP contribution in [-0.2, 0) is 5.54 Å². The van der Waals surface area contributed by atoms with E-state index in [1.807, 2.05) is 45.0 Å². The molecule has 0 atom stereocenters. The largest absolute Gasteiger partial charge is 0.493 e. The molecule has 18 heavy (non-hydrogen) atoms. The molecule has 0 fully saturated rings. The Bertz CT molecular complexity index is 526. The van der Waals surface area contributed by atoms with Crippen molar-refractivity contribution in [2.75, 3.05) is 6.61 Å². The second-order valence-corrected chi connectivity index (χ2v) is 4.80. The Labute approximate surface area is 107 Å². The summed E-state index contributed by atoms with van der Waals surface area (Å²) in [6.45, 7) is 6.45. The summed E-state index contributed by atoms with van der Waals surface area (Å²) in [6.07, 6.45) is 1.79. The molecule has 0 spiro atoms. The van der Waals surface area contributed by atoms with Crippen LogP contribution >= 0.6 is 0 Å². The van der Waals surface area contributed by atoms with E-state index in [0.29, 0.717) is 6.61 Å². The summed E-state index contributed by atoms with van der Waals surface area (Å²) in [4.78, 5) is 7.58. The van der Waals surface area contributed by atoms with Crippen LogP contribution in [0.1, 0.15) is 26.6 Å². The molecule has 1 aromatic carbocycles. The van der Waals surface area contributed by atoms with Gasteiger partial charge in [-0.15, -0.1) is 0 Å². The number of para-hydroxylation sites is 1. The molecule has 0 bridgehead atoms. The second-order valence-electron chi connectivity index (χ2n) is 4.80. The molecule has 96 valence electrons. The maximum absolute atomic E-state index is 6.02. The van der Waals surface area contributed by atoms with Crippen molar-refractivity contribution in [1.29, 1.82) is 0 Å². The molecule has 4 nitrogen and oxygen atoms in total. The topological polar surface area (TPSA) is 63.9 Å². The summed E-state index contributed by atoms with van der Waals surface area (Å²) >= 11 is 0. The summed E-state index contributed by atoms with van der Waals surface area (Å²) in [5.41, 5.74) is 7.47. The van der Waals surface area contributed by atoms with Crippen molar-refractivity contribution in [2.45, 2.75) is 26.3 Å². The fourth-order valence-electron chi connectivity index (χ4n) is 1.76. The number of nitrogens with zero attached hydrogens (tertiary/aromatic N) is 1. The van der Waals surface area contributed by atoms with Gasteiger partial charge in [0.15, 0.2) is 0 Å². The number of imidazole rings is 1. The molecular weight excluding hydrogens is 226 g/mol. The minimum absolute atomic E-state index is 0.473. The number of ether oxygens (including phenoxy) is 1. The van der Waals surface area contributed by atoms with E-state index in [0.717, 1.165) is 22.8 Å². The Morgan fingerprint density at radius 3 is 2.67 bits per heavy atom. The van der Waals surface area contributed by atoms with Gasteiger partial charge in [-0.2, -0.15) is 0 Å². The summed E-state index contributed by atoms with van der Waals surface area (Å²) in [5, 5.41) is 0. The molecule has 1 aromatic heterocycles. The monoisotopic (exact) mass is 245 g/mol. The number of nitrogens with two attached hydrogens (primary N) is 1. The minimum Gasteiger partial charge on any atom is -0.493 e. The zero-order chi connectivity index (χ0) is 13.2. The van der Waals surface area contributed by atoms with Crippen molar-refractivity contribution >= 4 is 0 Å². The van der Waals surface area contributed by atoms with Gasteiger partial charge in [0.05, 0.1) is 24.0 Å². The zero-order valence-electron chi connectivity index (χ0n) is 11.0. The van der Waals surface area contributed by atoms with Gasteiger partial charge >= 0.3 is 0 Å². The number of hydrogen-bond acceptors (Lipinski definition) is 3. The van der Waals surface area contributed by atoms with E-state index in [-0.39, 0.29) is 0 Å². The fourth-order valence-corrected chi connectivity index (χ4v) is 1.76. The van der Waals surface area contributed by atoms with Crippen LogP contribution in [0.25, 0.3) is 11.3 Å². The second kappa shape index (κ2) is 4.82. The summed E-state index contributed by atoms with van der Waals surface area (Å²) in [6, 6.07) is 7.89. The van der Waals surface area contributed by atoms with Gasteiger partial charge in [0.2, 0.25) is 0 Å². The lowest BCUT2D eigenvalue weighted by Crippen LogP contribution is -2.30. The van der Waals surface area contributed by atoms with E-state index >= 15 is 0 Å². The molecule has 0 aliphatic heterocycles. The highest BCUT2D eigenvalue weighted by Crippen LogP contribution is 2.29. The molecule has 0 unspecified atom stereocenters. The number of aromatic nitrogens is 2. The van der Waals surface area contributed by atoms with Gasteiger partial charge in [-0.3, -0.25) is 0 Å². The minimum atomic E-state index is -0.473. The fraction of sp³-hybridized carbons (Fsp3) is 0.357. The smallest absolute Gasteiger partial charge is 0.128 e. The van der Waals surface area contributed by atoms with Crippen molar-refractivity contribution in [3.8, 4) is 17.0 Å². The van der Waals surface area contributed by atoms with Crippen LogP contribution in [0, 0.1) is 0 Å². The molecule has 2 rings (SSSR count). The van der Waals surface area contributed by atoms with Gasteiger partial charge in [0.1, 0.15) is 11.6 Å². The van der Waals surface area contributed by atoms with Gasteiger partial charge < -0.3 is 15.5 Å². The molecule has 0 saturated carbocycles. The lowest BCUT2D eigenvalue weighted by molar-refractivity contribution is 0.341. The van der Waals surface area contributed by atoms with Crippen LogP contribution in [0.15, 0.2) is 30.5 Å². The molecule has 3 N–H and O–H groups in total. The summed E-state index contributed by atoms with van der Waals surface area (Å²) < 4.78 is 5.61. The highest BCUT2D eigenvalue weighted by Gasteiger charge is 2.19. The molecule has 2 aromatic rings. The highest BCUT2D eigenvalue weighted by molar-refractivity contribution is 5.66. The van der Waals surface area contributed by atoms with Crippen molar-refractivity contribution in [2.24, 2.45) is 5.73 Å². The first-order chi connectivity index (χ1) is 8.52. The quantitative estimate of drug-likeness (QED) is 0.870. The zero-order valence-corrected chi connectivity index (χ0v) is 11.0. The van der Waals surface area contributed by atoms with E-state index in [1.54, 1.807) is 6.20 Å². The average molecular weight is 245 g/mol. The van der Waals surface area contributed by atoms with Gasteiger partial charge in [-0.1, -0.05) is 12.1 Å². The first-order valence-electron chi connectivity index (χ1n) is 6.09. The van der Waals surface area contributed by atoms with Gasteiger partial charge in [-0.05, 0) is 32.9 Å². The molecular formula is C14H19N3O. The third-order valence-electron chi connectivity index (χ3n) is 2.66. The van der Waals surface area contributed by atoms with E-state index in [1.165, 1.54) is 0 Å². The predicted molar refractivity (Wildman–Crippen MR) is 72.4 cm³/mol. The van der Waals surface area contributed by atoms with E-state index in [4.69, 9.17) is 10.5 Å². The van der Waals surface area contributed by atoms with Crippen LogP contribution < -0.4 is 10.5 Å². The number of rotatable bonds is 4. The Balaban J connectivity index is 2.40.